The van der Waals surface area contributed by atoms with Gasteiger partial charge in [0.25, 0.3) is 0 Å². The number of hydrogen-bond acceptors (Lipinski definition) is 5. The molecular weight excluding hydrogens is 362 g/mol. The molecule has 0 atom stereocenters. The standard InChI is InChI=1S/C16H16ClN5O2S/c17-10-5-6-11-12(8-10)25-15(18-11)19-14(23)9-22-16(24)21-7-3-1-2-4-13(21)20-22/h5-6,8H,1-4,7,9H2,(H,18,19,23). The first-order valence-electron chi connectivity index (χ1n) is 8.12. The van der Waals surface area contributed by atoms with Crippen LogP contribution in [0.3, 0.4) is 0 Å². The maximum absolute atomic E-state index is 12.4. The van der Waals surface area contributed by atoms with Crippen LogP contribution in [0.2, 0.25) is 5.02 Å². The van der Waals surface area contributed by atoms with Crippen LogP contribution >= 0.6 is 22.9 Å². The lowest BCUT2D eigenvalue weighted by atomic mass is 10.2. The SMILES string of the molecule is O=C(Cn1nc2n(c1=O)CCCCC2)Nc1nc2ccc(Cl)cc2s1. The van der Waals surface area contributed by atoms with Gasteiger partial charge in [0.15, 0.2) is 5.13 Å². The van der Waals surface area contributed by atoms with E-state index in [4.69, 9.17) is 11.6 Å². The lowest BCUT2D eigenvalue weighted by Crippen LogP contribution is -2.30. The van der Waals surface area contributed by atoms with Crippen molar-refractivity contribution in [1.29, 1.82) is 0 Å². The molecule has 3 heterocycles. The van der Waals surface area contributed by atoms with E-state index in [1.807, 2.05) is 0 Å². The number of aromatic nitrogens is 4. The summed E-state index contributed by atoms with van der Waals surface area (Å²) in [5.74, 6) is 0.449. The van der Waals surface area contributed by atoms with E-state index in [1.54, 1.807) is 22.8 Å². The Morgan fingerprint density at radius 2 is 2.20 bits per heavy atom. The average Bonchev–Trinajstić information content (AvgIpc) is 2.98. The summed E-state index contributed by atoms with van der Waals surface area (Å²) in [6.45, 7) is 0.559. The van der Waals surface area contributed by atoms with Crippen molar-refractivity contribution in [1.82, 2.24) is 19.3 Å². The molecule has 1 aliphatic heterocycles. The van der Waals surface area contributed by atoms with Crippen LogP contribution in [0.1, 0.15) is 25.1 Å². The number of hydrogen-bond donors (Lipinski definition) is 1. The maximum atomic E-state index is 12.4. The van der Waals surface area contributed by atoms with Crippen molar-refractivity contribution < 1.29 is 4.79 Å². The summed E-state index contributed by atoms with van der Waals surface area (Å²) in [6.07, 6.45) is 3.88. The predicted octanol–water partition coefficient (Wildman–Crippen LogP) is 2.67. The quantitative estimate of drug-likeness (QED) is 0.760. The summed E-state index contributed by atoms with van der Waals surface area (Å²) in [7, 11) is 0. The zero-order chi connectivity index (χ0) is 17.4. The monoisotopic (exact) mass is 377 g/mol. The Bertz CT molecular complexity index is 1010. The molecule has 1 aliphatic rings. The highest BCUT2D eigenvalue weighted by Crippen LogP contribution is 2.28. The summed E-state index contributed by atoms with van der Waals surface area (Å²) in [5.41, 5.74) is 0.554. The van der Waals surface area contributed by atoms with Crippen molar-refractivity contribution in [3.8, 4) is 0 Å². The van der Waals surface area contributed by atoms with Crippen molar-refractivity contribution in [2.75, 3.05) is 5.32 Å². The minimum Gasteiger partial charge on any atom is -0.300 e. The zero-order valence-corrected chi connectivity index (χ0v) is 14.9. The highest BCUT2D eigenvalue weighted by atomic mass is 35.5. The van der Waals surface area contributed by atoms with E-state index < -0.39 is 0 Å². The molecule has 0 saturated carbocycles. The van der Waals surface area contributed by atoms with Crippen LogP contribution < -0.4 is 11.0 Å². The lowest BCUT2D eigenvalue weighted by Gasteiger charge is -2.01. The third kappa shape index (κ3) is 3.32. The van der Waals surface area contributed by atoms with Crippen LogP contribution in [-0.4, -0.2) is 25.2 Å². The number of fused-ring (bicyclic) bond motifs is 2. The number of rotatable bonds is 3. The topological polar surface area (TPSA) is 81.8 Å². The van der Waals surface area contributed by atoms with Crippen molar-refractivity contribution in [3.05, 3.63) is 39.5 Å². The predicted molar refractivity (Wildman–Crippen MR) is 97.3 cm³/mol. The molecular formula is C16H16ClN5O2S. The van der Waals surface area contributed by atoms with Gasteiger partial charge in [0.05, 0.1) is 10.2 Å². The first kappa shape index (κ1) is 16.3. The van der Waals surface area contributed by atoms with Gasteiger partial charge in [-0.15, -0.1) is 0 Å². The van der Waals surface area contributed by atoms with Gasteiger partial charge in [-0.2, -0.15) is 5.10 Å². The molecule has 7 nitrogen and oxygen atoms in total. The van der Waals surface area contributed by atoms with Gasteiger partial charge in [-0.3, -0.25) is 9.36 Å². The minimum atomic E-state index is -0.319. The Labute approximate surface area is 152 Å². The van der Waals surface area contributed by atoms with Crippen LogP contribution in [0.5, 0.6) is 0 Å². The third-order valence-corrected chi connectivity index (χ3v) is 5.34. The number of aryl methyl sites for hydroxylation is 1. The van der Waals surface area contributed by atoms with Gasteiger partial charge in [0.2, 0.25) is 5.91 Å². The highest BCUT2D eigenvalue weighted by Gasteiger charge is 2.17. The van der Waals surface area contributed by atoms with Crippen LogP contribution in [0.4, 0.5) is 5.13 Å². The number of benzene rings is 1. The molecule has 2 aromatic heterocycles. The summed E-state index contributed by atoms with van der Waals surface area (Å²) in [4.78, 5) is 29.0. The van der Waals surface area contributed by atoms with E-state index >= 15 is 0 Å². The molecule has 9 heteroatoms. The van der Waals surface area contributed by atoms with Crippen LogP contribution in [-0.2, 0) is 24.3 Å². The molecule has 0 fully saturated rings. The molecule has 1 N–H and O–H groups in total. The van der Waals surface area contributed by atoms with Crippen LogP contribution in [0, 0.1) is 0 Å². The van der Waals surface area contributed by atoms with Gasteiger partial charge < -0.3 is 5.32 Å². The van der Waals surface area contributed by atoms with E-state index in [1.165, 1.54) is 16.0 Å². The van der Waals surface area contributed by atoms with Crippen LogP contribution in [0.25, 0.3) is 10.2 Å². The second kappa shape index (κ2) is 6.61. The lowest BCUT2D eigenvalue weighted by molar-refractivity contribution is -0.117. The van der Waals surface area contributed by atoms with Crippen LogP contribution in [0.15, 0.2) is 23.0 Å². The molecule has 4 rings (SSSR count). The number of carbonyl (C=O) groups is 1. The molecule has 1 aromatic carbocycles. The normalized spacial score (nSPS) is 14.3. The molecule has 0 bridgehead atoms. The number of halogens is 1. The molecule has 3 aromatic rings. The second-order valence-corrected chi connectivity index (χ2v) is 7.47. The molecule has 25 heavy (non-hydrogen) atoms. The Balaban J connectivity index is 1.51. The van der Waals surface area contributed by atoms with E-state index in [-0.39, 0.29) is 18.1 Å². The summed E-state index contributed by atoms with van der Waals surface area (Å²) in [6, 6.07) is 5.37. The number of carbonyl (C=O) groups excluding carboxylic acids is 1. The fourth-order valence-corrected chi connectivity index (χ4v) is 4.13. The zero-order valence-electron chi connectivity index (χ0n) is 13.4. The van der Waals surface area contributed by atoms with Gasteiger partial charge in [-0.25, -0.2) is 14.5 Å². The van der Waals surface area contributed by atoms with E-state index in [2.05, 4.69) is 15.4 Å². The smallest absolute Gasteiger partial charge is 0.300 e. The third-order valence-electron chi connectivity index (χ3n) is 4.17. The van der Waals surface area contributed by atoms with Gasteiger partial charge >= 0.3 is 5.69 Å². The Hall–Kier alpha value is -2.19. The highest BCUT2D eigenvalue weighted by molar-refractivity contribution is 7.22. The maximum Gasteiger partial charge on any atom is 0.346 e. The summed E-state index contributed by atoms with van der Waals surface area (Å²) >= 11 is 7.31. The van der Waals surface area contributed by atoms with Gasteiger partial charge in [0.1, 0.15) is 12.4 Å². The largest absolute Gasteiger partial charge is 0.346 e. The fraction of sp³-hybridized carbons (Fsp3) is 0.375. The first-order valence-corrected chi connectivity index (χ1v) is 9.32. The fourth-order valence-electron chi connectivity index (χ4n) is 2.98. The molecule has 0 radical (unpaired) electrons. The van der Waals surface area contributed by atoms with Gasteiger partial charge in [-0.1, -0.05) is 29.4 Å². The Morgan fingerprint density at radius 1 is 1.32 bits per heavy atom. The van der Waals surface area contributed by atoms with Crippen molar-refractivity contribution in [2.24, 2.45) is 0 Å². The number of nitrogens with one attached hydrogen (secondary N) is 1. The number of thiazole rings is 1. The molecule has 130 valence electrons. The van der Waals surface area contributed by atoms with Gasteiger partial charge in [0, 0.05) is 18.0 Å². The van der Waals surface area contributed by atoms with Gasteiger partial charge in [-0.05, 0) is 31.0 Å². The average molecular weight is 378 g/mol. The minimum absolute atomic E-state index is 0.116. The molecule has 0 aliphatic carbocycles. The number of amides is 1. The molecule has 0 unspecified atom stereocenters. The Kier molecular flexibility index (Phi) is 4.30. The number of anilines is 1. The van der Waals surface area contributed by atoms with E-state index in [9.17, 15) is 9.59 Å². The van der Waals surface area contributed by atoms with E-state index in [0.717, 1.165) is 41.7 Å². The number of nitrogens with zero attached hydrogens (tertiary/aromatic N) is 4. The molecule has 0 saturated heterocycles. The Morgan fingerprint density at radius 3 is 3.08 bits per heavy atom. The molecule has 0 spiro atoms. The summed E-state index contributed by atoms with van der Waals surface area (Å²) in [5, 5.41) is 8.16. The van der Waals surface area contributed by atoms with Crippen molar-refractivity contribution >= 4 is 44.2 Å². The van der Waals surface area contributed by atoms with Crippen molar-refractivity contribution in [2.45, 2.75) is 38.8 Å². The second-order valence-electron chi connectivity index (χ2n) is 6.00. The van der Waals surface area contributed by atoms with Crippen molar-refractivity contribution in [3.63, 3.8) is 0 Å². The van der Waals surface area contributed by atoms with E-state index in [0.29, 0.717) is 16.7 Å². The summed E-state index contributed by atoms with van der Waals surface area (Å²) < 4.78 is 3.81. The first-order chi connectivity index (χ1) is 12.1. The molecule has 1 amide bonds.